The fraction of sp³-hybridized carbons (Fsp3) is 0.522. The third-order valence-electron chi connectivity index (χ3n) is 6.22. The zero-order valence-corrected chi connectivity index (χ0v) is 18.2. The molecule has 1 aromatic carbocycles. The van der Waals surface area contributed by atoms with Crippen molar-refractivity contribution in [2.24, 2.45) is 20.0 Å². The summed E-state index contributed by atoms with van der Waals surface area (Å²) in [5.74, 6) is 1.55. The summed E-state index contributed by atoms with van der Waals surface area (Å²) in [5, 5.41) is 0. The molecule has 1 aliphatic heterocycles. The fourth-order valence-corrected chi connectivity index (χ4v) is 4.57. The summed E-state index contributed by atoms with van der Waals surface area (Å²) >= 11 is 0. The fourth-order valence-electron chi connectivity index (χ4n) is 4.57. The Kier molecular flexibility index (Phi) is 5.90. The number of benzene rings is 1. The maximum Gasteiger partial charge on any atom is 0.332 e. The molecule has 0 radical (unpaired) electrons. The topological polar surface area (TPSA) is 65.1 Å². The molecule has 0 spiro atoms. The van der Waals surface area contributed by atoms with Gasteiger partial charge in [0, 0.05) is 27.2 Å². The highest BCUT2D eigenvalue weighted by atomic mass is 16.2. The van der Waals surface area contributed by atoms with E-state index < -0.39 is 0 Å². The van der Waals surface area contributed by atoms with Gasteiger partial charge in [0.2, 0.25) is 0 Å². The van der Waals surface area contributed by atoms with Gasteiger partial charge in [0.05, 0.1) is 6.54 Å². The number of aromatic nitrogens is 4. The number of likely N-dealkylation sites (tertiary alicyclic amines) is 1. The van der Waals surface area contributed by atoms with Crippen LogP contribution >= 0.6 is 0 Å². The molecule has 0 unspecified atom stereocenters. The summed E-state index contributed by atoms with van der Waals surface area (Å²) in [6.07, 6.45) is 4.30. The summed E-state index contributed by atoms with van der Waals surface area (Å²) in [4.78, 5) is 32.6. The van der Waals surface area contributed by atoms with Gasteiger partial charge in [-0.25, -0.2) is 9.78 Å². The molecule has 3 aromatic rings. The Morgan fingerprint density at radius 3 is 2.60 bits per heavy atom. The van der Waals surface area contributed by atoms with Crippen LogP contribution < -0.4 is 11.2 Å². The van der Waals surface area contributed by atoms with E-state index in [1.807, 2.05) is 6.07 Å². The largest absolute Gasteiger partial charge is 0.332 e. The molecule has 0 bridgehead atoms. The number of imidazole rings is 1. The summed E-state index contributed by atoms with van der Waals surface area (Å²) < 4.78 is 4.73. The van der Waals surface area contributed by atoms with E-state index in [0.717, 1.165) is 31.8 Å². The second-order valence-corrected chi connectivity index (χ2v) is 8.63. The monoisotopic (exact) mass is 409 g/mol. The Balaban J connectivity index is 1.70. The normalized spacial score (nSPS) is 17.6. The molecule has 0 N–H and O–H groups in total. The Morgan fingerprint density at radius 2 is 1.87 bits per heavy atom. The lowest BCUT2D eigenvalue weighted by atomic mass is 10.0. The van der Waals surface area contributed by atoms with Gasteiger partial charge < -0.3 is 4.57 Å². The number of hydrogen-bond acceptors (Lipinski definition) is 4. The van der Waals surface area contributed by atoms with Crippen molar-refractivity contribution in [3.05, 3.63) is 62.6 Å². The average Bonchev–Trinajstić information content (AvgIpc) is 3.10. The van der Waals surface area contributed by atoms with Gasteiger partial charge in [-0.2, -0.15) is 0 Å². The highest BCUT2D eigenvalue weighted by Gasteiger charge is 2.22. The molecule has 3 heterocycles. The van der Waals surface area contributed by atoms with E-state index in [9.17, 15) is 9.59 Å². The molecular weight excluding hydrogens is 378 g/mol. The van der Waals surface area contributed by atoms with Gasteiger partial charge in [0.15, 0.2) is 11.2 Å². The maximum absolute atomic E-state index is 13.0. The first kappa shape index (κ1) is 20.6. The van der Waals surface area contributed by atoms with Gasteiger partial charge in [-0.15, -0.1) is 0 Å². The minimum atomic E-state index is -0.334. The summed E-state index contributed by atoms with van der Waals surface area (Å²) in [7, 11) is 3.23. The SMILES string of the molecule is C[C@@H]1CCCN(Cc2nc3c(c(=O)n(C)c(=O)n3C)n2CCCc2ccccc2)C1. The zero-order chi connectivity index (χ0) is 21.3. The summed E-state index contributed by atoms with van der Waals surface area (Å²) in [6.45, 7) is 5.80. The van der Waals surface area contributed by atoms with Crippen molar-refractivity contribution >= 4 is 11.2 Å². The summed E-state index contributed by atoms with van der Waals surface area (Å²) in [5.41, 5.74) is 1.71. The second kappa shape index (κ2) is 8.60. The van der Waals surface area contributed by atoms with Crippen molar-refractivity contribution in [2.45, 2.75) is 45.7 Å². The van der Waals surface area contributed by atoms with Gasteiger partial charge in [0.1, 0.15) is 5.82 Å². The lowest BCUT2D eigenvalue weighted by molar-refractivity contribution is 0.171. The molecule has 1 saturated heterocycles. The van der Waals surface area contributed by atoms with Gasteiger partial charge in [-0.1, -0.05) is 37.3 Å². The molecule has 4 rings (SSSR count). The molecule has 7 heteroatoms. The van der Waals surface area contributed by atoms with Crippen molar-refractivity contribution in [2.75, 3.05) is 13.1 Å². The Bertz CT molecular complexity index is 1140. The van der Waals surface area contributed by atoms with E-state index in [4.69, 9.17) is 4.98 Å². The van der Waals surface area contributed by atoms with Gasteiger partial charge in [-0.05, 0) is 43.7 Å². The number of aryl methyl sites for hydroxylation is 3. The lowest BCUT2D eigenvalue weighted by Gasteiger charge is -2.30. The molecule has 2 aromatic heterocycles. The zero-order valence-electron chi connectivity index (χ0n) is 18.2. The van der Waals surface area contributed by atoms with Crippen LogP contribution in [0.15, 0.2) is 39.9 Å². The quantitative estimate of drug-likeness (QED) is 0.627. The molecule has 0 saturated carbocycles. The minimum absolute atomic E-state index is 0.265. The van der Waals surface area contributed by atoms with E-state index in [2.05, 4.69) is 40.7 Å². The van der Waals surface area contributed by atoms with Crippen LogP contribution in [0.4, 0.5) is 0 Å². The highest BCUT2D eigenvalue weighted by Crippen LogP contribution is 2.20. The predicted octanol–water partition coefficient (Wildman–Crippen LogP) is 2.30. The predicted molar refractivity (Wildman–Crippen MR) is 119 cm³/mol. The molecule has 1 aliphatic rings. The number of hydrogen-bond donors (Lipinski definition) is 0. The number of nitrogens with zero attached hydrogens (tertiary/aromatic N) is 5. The van der Waals surface area contributed by atoms with Crippen LogP contribution in [-0.2, 0) is 33.6 Å². The van der Waals surface area contributed by atoms with Crippen LogP contribution in [0.3, 0.4) is 0 Å². The Hall–Kier alpha value is -2.67. The van der Waals surface area contributed by atoms with Crippen molar-refractivity contribution in [1.29, 1.82) is 0 Å². The van der Waals surface area contributed by atoms with Crippen LogP contribution in [0.25, 0.3) is 11.2 Å². The molecular formula is C23H31N5O2. The first-order chi connectivity index (χ1) is 14.5. The molecule has 160 valence electrons. The van der Waals surface area contributed by atoms with Crippen LogP contribution in [0.2, 0.25) is 0 Å². The van der Waals surface area contributed by atoms with Crippen LogP contribution in [0, 0.1) is 5.92 Å². The highest BCUT2D eigenvalue weighted by molar-refractivity contribution is 5.71. The van der Waals surface area contributed by atoms with Crippen molar-refractivity contribution < 1.29 is 0 Å². The summed E-state index contributed by atoms with van der Waals surface area (Å²) in [6, 6.07) is 10.4. The van der Waals surface area contributed by atoms with Gasteiger partial charge in [0.25, 0.3) is 5.56 Å². The number of rotatable bonds is 6. The molecule has 0 amide bonds. The van der Waals surface area contributed by atoms with Gasteiger partial charge in [-0.3, -0.25) is 18.8 Å². The molecule has 1 atom stereocenters. The molecule has 0 aliphatic carbocycles. The third-order valence-corrected chi connectivity index (χ3v) is 6.22. The minimum Gasteiger partial charge on any atom is -0.321 e. The standard InChI is InChI=1S/C23H31N5O2/c1-17-9-7-13-27(15-17)16-19-24-21-20(22(29)26(3)23(30)25(21)2)28(19)14-8-12-18-10-5-4-6-11-18/h4-6,10-11,17H,7-9,12-16H2,1-3H3/t17-/m1/s1. The molecule has 30 heavy (non-hydrogen) atoms. The molecule has 1 fully saturated rings. The Morgan fingerprint density at radius 1 is 1.10 bits per heavy atom. The van der Waals surface area contributed by atoms with Crippen LogP contribution in [0.1, 0.15) is 37.6 Å². The van der Waals surface area contributed by atoms with E-state index in [1.54, 1.807) is 7.05 Å². The van der Waals surface area contributed by atoms with Crippen LogP contribution in [0.5, 0.6) is 0 Å². The van der Waals surface area contributed by atoms with Gasteiger partial charge >= 0.3 is 5.69 Å². The number of piperidine rings is 1. The van der Waals surface area contributed by atoms with Crippen molar-refractivity contribution in [1.82, 2.24) is 23.6 Å². The lowest BCUT2D eigenvalue weighted by Crippen LogP contribution is -2.37. The van der Waals surface area contributed by atoms with Crippen molar-refractivity contribution in [3.8, 4) is 0 Å². The second-order valence-electron chi connectivity index (χ2n) is 8.63. The van der Waals surface area contributed by atoms with E-state index in [0.29, 0.717) is 30.2 Å². The van der Waals surface area contributed by atoms with Crippen molar-refractivity contribution in [3.63, 3.8) is 0 Å². The number of fused-ring (bicyclic) bond motifs is 1. The Labute approximate surface area is 176 Å². The average molecular weight is 410 g/mol. The maximum atomic E-state index is 13.0. The third kappa shape index (κ3) is 3.99. The first-order valence-electron chi connectivity index (χ1n) is 10.9. The first-order valence-corrected chi connectivity index (χ1v) is 10.9. The smallest absolute Gasteiger partial charge is 0.321 e. The van der Waals surface area contributed by atoms with E-state index in [-0.39, 0.29) is 11.2 Å². The van der Waals surface area contributed by atoms with Crippen LogP contribution in [-0.4, -0.2) is 36.7 Å². The van der Waals surface area contributed by atoms with E-state index in [1.165, 1.54) is 34.6 Å². The van der Waals surface area contributed by atoms with E-state index >= 15 is 0 Å². The molecule has 7 nitrogen and oxygen atoms in total.